The number of unbranched alkanes of at least 4 members (excludes halogenated alkanes) is 1. The second kappa shape index (κ2) is 9.97. The number of hydrogen-bond donors (Lipinski definition) is 2. The summed E-state index contributed by atoms with van der Waals surface area (Å²) in [5.74, 6) is -1.64. The van der Waals surface area contributed by atoms with Crippen LogP contribution in [-0.2, 0) is 25.7 Å². The summed E-state index contributed by atoms with van der Waals surface area (Å²) in [6, 6.07) is 9.11. The van der Waals surface area contributed by atoms with Crippen LogP contribution < -0.4 is 5.73 Å². The summed E-state index contributed by atoms with van der Waals surface area (Å²) >= 11 is 0. The quantitative estimate of drug-likeness (QED) is 0.385. The molecule has 0 saturated heterocycles. The number of esters is 2. The number of carbonyl (C=O) groups is 2. The molecule has 6 nitrogen and oxygen atoms in total. The lowest BCUT2D eigenvalue weighted by Gasteiger charge is -2.25. The molecule has 0 aliphatic rings. The SMILES string of the molecule is CCCCOC(=O)C(N)(CCCO)C(=O)OCc1ccccc1. The maximum atomic E-state index is 12.3. The second-order valence-corrected chi connectivity index (χ2v) is 5.35. The first kappa shape index (κ1) is 19.1. The minimum absolute atomic E-state index is 0.0257. The predicted octanol–water partition coefficient (Wildman–Crippen LogP) is 1.54. The fourth-order valence-corrected chi connectivity index (χ4v) is 1.94. The van der Waals surface area contributed by atoms with Crippen molar-refractivity contribution in [2.45, 2.75) is 44.8 Å². The molecule has 1 unspecified atom stereocenters. The zero-order valence-electron chi connectivity index (χ0n) is 13.5. The van der Waals surface area contributed by atoms with Crippen LogP contribution in [0.3, 0.4) is 0 Å². The minimum atomic E-state index is -1.88. The van der Waals surface area contributed by atoms with Gasteiger partial charge in [-0.25, -0.2) is 9.59 Å². The van der Waals surface area contributed by atoms with E-state index in [0.29, 0.717) is 6.42 Å². The Bertz CT molecular complexity index is 491. The van der Waals surface area contributed by atoms with E-state index in [1.165, 1.54) is 0 Å². The van der Waals surface area contributed by atoms with Gasteiger partial charge < -0.3 is 20.3 Å². The highest BCUT2D eigenvalue weighted by Crippen LogP contribution is 2.16. The van der Waals surface area contributed by atoms with Gasteiger partial charge >= 0.3 is 11.9 Å². The molecule has 1 aromatic rings. The Hall–Kier alpha value is -1.92. The largest absolute Gasteiger partial charge is 0.464 e. The maximum Gasteiger partial charge on any atom is 0.338 e. The Labute approximate surface area is 136 Å². The molecule has 0 spiro atoms. The van der Waals surface area contributed by atoms with Crippen molar-refractivity contribution in [3.8, 4) is 0 Å². The van der Waals surface area contributed by atoms with Gasteiger partial charge in [0.1, 0.15) is 6.61 Å². The van der Waals surface area contributed by atoms with E-state index in [2.05, 4.69) is 0 Å². The summed E-state index contributed by atoms with van der Waals surface area (Å²) in [4.78, 5) is 24.5. The van der Waals surface area contributed by atoms with Crippen molar-refractivity contribution in [2.24, 2.45) is 5.73 Å². The van der Waals surface area contributed by atoms with Crippen LogP contribution in [0, 0.1) is 0 Å². The molecule has 0 saturated carbocycles. The van der Waals surface area contributed by atoms with Crippen LogP contribution in [0.4, 0.5) is 0 Å². The first-order valence-electron chi connectivity index (χ1n) is 7.82. The van der Waals surface area contributed by atoms with Crippen LogP contribution in [0.1, 0.15) is 38.2 Å². The van der Waals surface area contributed by atoms with E-state index < -0.39 is 17.5 Å². The van der Waals surface area contributed by atoms with E-state index in [9.17, 15) is 9.59 Å². The standard InChI is InChI=1S/C17H25NO5/c1-2-3-12-22-15(20)17(18,10-7-11-19)16(21)23-13-14-8-5-4-6-9-14/h4-6,8-9,19H,2-3,7,10-13,18H2,1H3. The van der Waals surface area contributed by atoms with Gasteiger partial charge in [0.25, 0.3) is 0 Å². The van der Waals surface area contributed by atoms with Gasteiger partial charge in [-0.2, -0.15) is 0 Å². The second-order valence-electron chi connectivity index (χ2n) is 5.35. The Kier molecular flexibility index (Phi) is 8.29. The lowest BCUT2D eigenvalue weighted by Crippen LogP contribution is -2.56. The number of rotatable bonds is 10. The molecular formula is C17H25NO5. The number of aliphatic hydroxyl groups excluding tert-OH is 1. The molecule has 3 N–H and O–H groups in total. The summed E-state index contributed by atoms with van der Waals surface area (Å²) in [5, 5.41) is 8.96. The van der Waals surface area contributed by atoms with Crippen LogP contribution in [0.5, 0.6) is 0 Å². The average Bonchev–Trinajstić information content (AvgIpc) is 2.58. The van der Waals surface area contributed by atoms with Gasteiger partial charge in [0.05, 0.1) is 6.61 Å². The summed E-state index contributed by atoms with van der Waals surface area (Å²) in [5.41, 5.74) is 4.87. The van der Waals surface area contributed by atoms with Crippen molar-refractivity contribution in [1.82, 2.24) is 0 Å². The van der Waals surface area contributed by atoms with Crippen molar-refractivity contribution in [1.29, 1.82) is 0 Å². The Balaban J connectivity index is 2.69. The summed E-state index contributed by atoms with van der Waals surface area (Å²) < 4.78 is 10.2. The monoisotopic (exact) mass is 323 g/mol. The van der Waals surface area contributed by atoms with Crippen LogP contribution >= 0.6 is 0 Å². The number of aliphatic hydroxyl groups is 1. The lowest BCUT2D eigenvalue weighted by molar-refractivity contribution is -0.166. The zero-order chi connectivity index (χ0) is 17.1. The Morgan fingerprint density at radius 3 is 2.39 bits per heavy atom. The number of carbonyl (C=O) groups excluding carboxylic acids is 2. The van der Waals surface area contributed by atoms with Gasteiger partial charge in [0.15, 0.2) is 0 Å². The first-order valence-corrected chi connectivity index (χ1v) is 7.82. The molecule has 23 heavy (non-hydrogen) atoms. The molecule has 0 bridgehead atoms. The number of hydrogen-bond acceptors (Lipinski definition) is 6. The van der Waals surface area contributed by atoms with E-state index in [-0.39, 0.29) is 32.7 Å². The van der Waals surface area contributed by atoms with E-state index in [4.69, 9.17) is 20.3 Å². The van der Waals surface area contributed by atoms with Crippen LogP contribution in [0.25, 0.3) is 0 Å². The van der Waals surface area contributed by atoms with Gasteiger partial charge in [-0.3, -0.25) is 0 Å². The van der Waals surface area contributed by atoms with Crippen molar-refractivity contribution >= 4 is 11.9 Å². The van der Waals surface area contributed by atoms with Gasteiger partial charge in [-0.1, -0.05) is 43.7 Å². The third kappa shape index (κ3) is 6.00. The van der Waals surface area contributed by atoms with Crippen LogP contribution in [0.15, 0.2) is 30.3 Å². The molecule has 0 amide bonds. The highest BCUT2D eigenvalue weighted by molar-refractivity contribution is 6.04. The molecule has 0 aliphatic carbocycles. The lowest BCUT2D eigenvalue weighted by atomic mass is 9.95. The van der Waals surface area contributed by atoms with Crippen molar-refractivity contribution < 1.29 is 24.2 Å². The average molecular weight is 323 g/mol. The van der Waals surface area contributed by atoms with Gasteiger partial charge in [-0.15, -0.1) is 0 Å². The van der Waals surface area contributed by atoms with Gasteiger partial charge in [-0.05, 0) is 24.8 Å². The molecule has 0 aliphatic heterocycles. The number of benzene rings is 1. The van der Waals surface area contributed by atoms with Crippen molar-refractivity contribution in [3.05, 3.63) is 35.9 Å². The maximum absolute atomic E-state index is 12.3. The normalized spacial score (nSPS) is 13.2. The molecule has 128 valence electrons. The molecular weight excluding hydrogens is 298 g/mol. The minimum Gasteiger partial charge on any atom is -0.464 e. The molecule has 0 aromatic heterocycles. The molecule has 1 aromatic carbocycles. The Morgan fingerprint density at radius 2 is 1.78 bits per heavy atom. The molecule has 0 heterocycles. The summed E-state index contributed by atoms with van der Waals surface area (Å²) in [7, 11) is 0. The fourth-order valence-electron chi connectivity index (χ4n) is 1.94. The first-order chi connectivity index (χ1) is 11.0. The summed E-state index contributed by atoms with van der Waals surface area (Å²) in [6.45, 7) is 2.02. The predicted molar refractivity (Wildman–Crippen MR) is 85.3 cm³/mol. The highest BCUT2D eigenvalue weighted by atomic mass is 16.6. The summed E-state index contributed by atoms with van der Waals surface area (Å²) in [6.07, 6.45) is 1.74. The fraction of sp³-hybridized carbons (Fsp3) is 0.529. The third-order valence-corrected chi connectivity index (χ3v) is 3.40. The smallest absolute Gasteiger partial charge is 0.338 e. The zero-order valence-corrected chi connectivity index (χ0v) is 13.5. The van der Waals surface area contributed by atoms with Crippen molar-refractivity contribution in [3.63, 3.8) is 0 Å². The molecule has 6 heteroatoms. The number of ether oxygens (including phenoxy) is 2. The van der Waals surface area contributed by atoms with E-state index >= 15 is 0 Å². The molecule has 1 rings (SSSR count). The van der Waals surface area contributed by atoms with E-state index in [1.54, 1.807) is 12.1 Å². The molecule has 0 radical (unpaired) electrons. The van der Waals surface area contributed by atoms with Gasteiger partial charge in [0.2, 0.25) is 5.54 Å². The number of nitrogens with two attached hydrogens (primary N) is 1. The molecule has 0 fully saturated rings. The van der Waals surface area contributed by atoms with Crippen LogP contribution in [0.2, 0.25) is 0 Å². The van der Waals surface area contributed by atoms with Crippen molar-refractivity contribution in [2.75, 3.05) is 13.2 Å². The van der Waals surface area contributed by atoms with E-state index in [1.807, 2.05) is 25.1 Å². The molecule has 1 atom stereocenters. The van der Waals surface area contributed by atoms with Gasteiger partial charge in [0, 0.05) is 6.61 Å². The third-order valence-electron chi connectivity index (χ3n) is 3.40. The highest BCUT2D eigenvalue weighted by Gasteiger charge is 2.44. The van der Waals surface area contributed by atoms with E-state index in [0.717, 1.165) is 12.0 Å². The topological polar surface area (TPSA) is 98.9 Å². The van der Waals surface area contributed by atoms with Crippen LogP contribution in [-0.4, -0.2) is 35.8 Å². The Morgan fingerprint density at radius 1 is 1.13 bits per heavy atom.